The highest BCUT2D eigenvalue weighted by molar-refractivity contribution is 5.92. The summed E-state index contributed by atoms with van der Waals surface area (Å²) < 4.78 is 58.4. The normalized spacial score (nSPS) is 18.6. The maximum absolute atomic E-state index is 14.4. The minimum Gasteiger partial charge on any atom is -0.450 e. The summed E-state index contributed by atoms with van der Waals surface area (Å²) in [6, 6.07) is 2.57. The van der Waals surface area contributed by atoms with Gasteiger partial charge in [0, 0.05) is 19.1 Å². The Bertz CT molecular complexity index is 927. The molecule has 3 amide bonds. The van der Waals surface area contributed by atoms with E-state index in [1.165, 1.54) is 0 Å². The predicted octanol–water partition coefficient (Wildman–Crippen LogP) is 2.36. The van der Waals surface area contributed by atoms with Crippen LogP contribution in [0.2, 0.25) is 0 Å². The number of rotatable bonds is 6. The van der Waals surface area contributed by atoms with Gasteiger partial charge in [-0.15, -0.1) is 0 Å². The summed E-state index contributed by atoms with van der Waals surface area (Å²) in [7, 11) is 0. The van der Waals surface area contributed by atoms with E-state index in [1.807, 2.05) is 0 Å². The number of piperidine rings is 2. The number of ether oxygens (including phenoxy) is 1. The molecule has 0 saturated carbocycles. The lowest BCUT2D eigenvalue weighted by Crippen LogP contribution is -2.64. The van der Waals surface area contributed by atoms with Gasteiger partial charge in [0.15, 0.2) is 0 Å². The van der Waals surface area contributed by atoms with E-state index in [-0.39, 0.29) is 25.5 Å². The van der Waals surface area contributed by atoms with E-state index in [4.69, 9.17) is 4.74 Å². The Kier molecular flexibility index (Phi) is 8.57. The van der Waals surface area contributed by atoms with E-state index in [0.29, 0.717) is 45.1 Å². The number of hydrogen-bond donors (Lipinski definition) is 3. The molecule has 0 aromatic heterocycles. The van der Waals surface area contributed by atoms with Crippen LogP contribution in [0.5, 0.6) is 0 Å². The van der Waals surface area contributed by atoms with Crippen LogP contribution in [0.25, 0.3) is 0 Å². The number of hydrogen-bond acceptors (Lipinski definition) is 5. The highest BCUT2D eigenvalue weighted by atomic mass is 19.4. The SMILES string of the molecule is CCOC(=O)N1CCC(NC(=O)C2(NC(=O)Cc3cccc(C(F)(F)F)c3F)CCNCC2)CC1. The molecule has 8 nitrogen and oxygen atoms in total. The topological polar surface area (TPSA) is 99.8 Å². The smallest absolute Gasteiger partial charge is 0.419 e. The third-order valence-corrected chi connectivity index (χ3v) is 6.36. The first-order chi connectivity index (χ1) is 16.6. The first kappa shape index (κ1) is 26.7. The van der Waals surface area contributed by atoms with Gasteiger partial charge in [-0.1, -0.05) is 12.1 Å². The summed E-state index contributed by atoms with van der Waals surface area (Å²) in [4.78, 5) is 39.5. The summed E-state index contributed by atoms with van der Waals surface area (Å²) in [5.74, 6) is -2.63. The van der Waals surface area contributed by atoms with Crippen LogP contribution in [0.15, 0.2) is 18.2 Å². The van der Waals surface area contributed by atoms with Crippen LogP contribution in [0, 0.1) is 5.82 Å². The van der Waals surface area contributed by atoms with Crippen molar-refractivity contribution in [2.75, 3.05) is 32.8 Å². The van der Waals surface area contributed by atoms with Crippen LogP contribution in [0.4, 0.5) is 22.4 Å². The van der Waals surface area contributed by atoms with Crippen LogP contribution in [-0.2, 0) is 26.9 Å². The van der Waals surface area contributed by atoms with Crippen molar-refractivity contribution in [2.24, 2.45) is 0 Å². The summed E-state index contributed by atoms with van der Waals surface area (Å²) in [5.41, 5.74) is -3.10. The molecule has 0 bridgehead atoms. The molecule has 2 aliphatic rings. The molecule has 0 spiro atoms. The zero-order chi connectivity index (χ0) is 25.6. The predicted molar refractivity (Wildman–Crippen MR) is 118 cm³/mol. The lowest BCUT2D eigenvalue weighted by molar-refractivity contribution is -0.140. The summed E-state index contributed by atoms with van der Waals surface area (Å²) in [6.45, 7) is 3.73. The number of nitrogens with zero attached hydrogens (tertiary/aromatic N) is 1. The summed E-state index contributed by atoms with van der Waals surface area (Å²) in [6.07, 6.45) is -4.33. The second-order valence-electron chi connectivity index (χ2n) is 8.77. The molecular formula is C23H30F4N4O4. The Morgan fingerprint density at radius 3 is 2.43 bits per heavy atom. The van der Waals surface area contributed by atoms with Crippen molar-refractivity contribution in [1.82, 2.24) is 20.9 Å². The number of likely N-dealkylation sites (tertiary alicyclic amines) is 1. The fourth-order valence-corrected chi connectivity index (χ4v) is 4.43. The van der Waals surface area contributed by atoms with Crippen molar-refractivity contribution in [3.8, 4) is 0 Å². The standard InChI is InChI=1S/C23H30F4N4O4/c1-2-35-21(34)31-12-6-16(7-13-31)29-20(33)22(8-10-28-11-9-22)30-18(32)14-15-4-3-5-17(19(15)24)23(25,26)27/h3-5,16,28H,2,6-14H2,1H3,(H,29,33)(H,30,32). The van der Waals surface area contributed by atoms with Crippen LogP contribution in [-0.4, -0.2) is 67.2 Å². The molecule has 0 radical (unpaired) electrons. The second kappa shape index (κ2) is 11.2. The molecule has 1 aromatic rings. The first-order valence-corrected chi connectivity index (χ1v) is 11.6. The molecule has 1 aromatic carbocycles. The molecule has 35 heavy (non-hydrogen) atoms. The van der Waals surface area contributed by atoms with Crippen molar-refractivity contribution in [3.63, 3.8) is 0 Å². The van der Waals surface area contributed by atoms with Gasteiger partial charge < -0.3 is 25.6 Å². The second-order valence-corrected chi connectivity index (χ2v) is 8.77. The summed E-state index contributed by atoms with van der Waals surface area (Å²) >= 11 is 0. The fourth-order valence-electron chi connectivity index (χ4n) is 4.43. The molecule has 2 fully saturated rings. The van der Waals surface area contributed by atoms with E-state index >= 15 is 0 Å². The quantitative estimate of drug-likeness (QED) is 0.519. The lowest BCUT2D eigenvalue weighted by atomic mass is 9.86. The number of nitrogens with one attached hydrogen (secondary N) is 3. The minimum absolute atomic E-state index is 0.210. The Labute approximate surface area is 200 Å². The van der Waals surface area contributed by atoms with Gasteiger partial charge in [-0.25, -0.2) is 9.18 Å². The first-order valence-electron chi connectivity index (χ1n) is 11.6. The number of benzene rings is 1. The molecule has 194 valence electrons. The van der Waals surface area contributed by atoms with Gasteiger partial charge in [-0.3, -0.25) is 9.59 Å². The Morgan fingerprint density at radius 2 is 1.83 bits per heavy atom. The molecule has 2 saturated heterocycles. The monoisotopic (exact) mass is 502 g/mol. The van der Waals surface area contributed by atoms with Crippen LogP contribution >= 0.6 is 0 Å². The van der Waals surface area contributed by atoms with Crippen molar-refractivity contribution in [1.29, 1.82) is 0 Å². The average molecular weight is 503 g/mol. The van der Waals surface area contributed by atoms with Crippen LogP contribution in [0.1, 0.15) is 43.7 Å². The van der Waals surface area contributed by atoms with E-state index in [9.17, 15) is 31.9 Å². The van der Waals surface area contributed by atoms with Gasteiger partial charge in [-0.05, 0) is 57.3 Å². The van der Waals surface area contributed by atoms with E-state index < -0.39 is 53.0 Å². The van der Waals surface area contributed by atoms with E-state index in [0.717, 1.165) is 12.1 Å². The van der Waals surface area contributed by atoms with Gasteiger partial charge in [0.25, 0.3) is 0 Å². The molecule has 0 unspecified atom stereocenters. The Balaban J connectivity index is 1.65. The fraction of sp³-hybridized carbons (Fsp3) is 0.609. The molecule has 2 aliphatic heterocycles. The number of carbonyl (C=O) groups excluding carboxylic acids is 3. The minimum atomic E-state index is -4.88. The van der Waals surface area contributed by atoms with Crippen LogP contribution in [0.3, 0.4) is 0 Å². The zero-order valence-electron chi connectivity index (χ0n) is 19.5. The van der Waals surface area contributed by atoms with Gasteiger partial charge >= 0.3 is 12.3 Å². The van der Waals surface area contributed by atoms with Gasteiger partial charge in [0.2, 0.25) is 11.8 Å². The number of halogens is 4. The molecule has 0 atom stereocenters. The van der Waals surface area contributed by atoms with Gasteiger partial charge in [0.05, 0.1) is 18.6 Å². The number of carbonyl (C=O) groups is 3. The van der Waals surface area contributed by atoms with Crippen molar-refractivity contribution < 1.29 is 36.7 Å². The maximum atomic E-state index is 14.4. The van der Waals surface area contributed by atoms with Gasteiger partial charge in [0.1, 0.15) is 11.4 Å². The molecule has 2 heterocycles. The average Bonchev–Trinajstić information content (AvgIpc) is 2.81. The number of alkyl halides is 3. The Morgan fingerprint density at radius 1 is 1.17 bits per heavy atom. The maximum Gasteiger partial charge on any atom is 0.419 e. The van der Waals surface area contributed by atoms with Crippen molar-refractivity contribution in [2.45, 2.75) is 56.8 Å². The molecule has 0 aliphatic carbocycles. The van der Waals surface area contributed by atoms with Crippen molar-refractivity contribution >= 4 is 17.9 Å². The highest BCUT2D eigenvalue weighted by Gasteiger charge is 2.42. The summed E-state index contributed by atoms with van der Waals surface area (Å²) in [5, 5.41) is 8.73. The largest absolute Gasteiger partial charge is 0.450 e. The van der Waals surface area contributed by atoms with E-state index in [2.05, 4.69) is 16.0 Å². The van der Waals surface area contributed by atoms with Crippen LogP contribution < -0.4 is 16.0 Å². The lowest BCUT2D eigenvalue weighted by Gasteiger charge is -2.39. The van der Waals surface area contributed by atoms with Gasteiger partial charge in [-0.2, -0.15) is 13.2 Å². The molecule has 3 rings (SSSR count). The van der Waals surface area contributed by atoms with E-state index in [1.54, 1.807) is 11.8 Å². The van der Waals surface area contributed by atoms with Crippen molar-refractivity contribution in [3.05, 3.63) is 35.1 Å². The highest BCUT2D eigenvalue weighted by Crippen LogP contribution is 2.32. The zero-order valence-corrected chi connectivity index (χ0v) is 19.5. The molecule has 12 heteroatoms. The third kappa shape index (κ3) is 6.62. The Hall–Kier alpha value is -2.89. The molecule has 3 N–H and O–H groups in total. The third-order valence-electron chi connectivity index (χ3n) is 6.36. The number of amides is 3. The molecular weight excluding hydrogens is 472 g/mol.